The smallest absolute Gasteiger partial charge is 0.119 e. The molecular formula is C44H97NO6. The van der Waals surface area contributed by atoms with Gasteiger partial charge in [0.1, 0.15) is 12.9 Å². The third-order valence-electron chi connectivity index (χ3n) is 7.89. The van der Waals surface area contributed by atoms with Crippen molar-refractivity contribution in [1.29, 1.82) is 0 Å². The fourth-order valence-corrected chi connectivity index (χ4v) is 4.81. The molecule has 3 N–H and O–H groups in total. The van der Waals surface area contributed by atoms with Gasteiger partial charge in [-0.2, -0.15) is 0 Å². The average molecular weight is 736 g/mol. The van der Waals surface area contributed by atoms with Crippen LogP contribution >= 0.6 is 0 Å². The topological polar surface area (TPSA) is 99.5 Å². The Kier molecular flexibility index (Phi) is 89.2. The number of methoxy groups -OCH3 is 1. The second kappa shape index (κ2) is 70.3. The Labute approximate surface area is 322 Å². The molecule has 0 aromatic carbocycles. The van der Waals surface area contributed by atoms with Crippen molar-refractivity contribution in [3.63, 3.8) is 0 Å². The van der Waals surface area contributed by atoms with Crippen LogP contribution in [0.25, 0.3) is 0 Å². The van der Waals surface area contributed by atoms with E-state index in [9.17, 15) is 4.79 Å². The van der Waals surface area contributed by atoms with Gasteiger partial charge in [-0.15, -0.1) is 0 Å². The summed E-state index contributed by atoms with van der Waals surface area (Å²) in [7, 11) is 1.76. The fraction of sp³-hybridized carbons (Fsp3) is 0.886. The minimum Gasteiger partial charge on any atom is -0.516 e. The zero-order valence-electron chi connectivity index (χ0n) is 32.8. The van der Waals surface area contributed by atoms with E-state index in [0.29, 0.717) is 19.6 Å². The molecule has 1 heterocycles. The van der Waals surface area contributed by atoms with Crippen LogP contribution in [-0.2, 0) is 14.4 Å². The highest BCUT2D eigenvalue weighted by Gasteiger charge is 2.09. The van der Waals surface area contributed by atoms with E-state index in [-0.39, 0.29) is 22.3 Å². The number of carbonyl (C=O) groups excluding carboxylic acids is 1. The summed E-state index contributed by atoms with van der Waals surface area (Å²) in [5, 5.41) is 24.6. The van der Waals surface area contributed by atoms with Crippen LogP contribution in [0, 0.1) is 0 Å². The Morgan fingerprint density at radius 3 is 1.41 bits per heavy atom. The number of aliphatic hydroxyl groups is 2. The second-order valence-electron chi connectivity index (χ2n) is 12.6. The lowest BCUT2D eigenvalue weighted by atomic mass is 10.1. The quantitative estimate of drug-likeness (QED) is 0.0184. The molecule has 0 bridgehead atoms. The predicted molar refractivity (Wildman–Crippen MR) is 229 cm³/mol. The SMILES string of the molecule is C.C.C.CCCCCC/C=C\COO.CCCCCCC=CO.CCCCCCCCC.COCCN1CCCC1.O=CCCCCCCCO. The number of ether oxygens (including phenoxy) is 1. The van der Waals surface area contributed by atoms with Crippen LogP contribution in [0.1, 0.15) is 210 Å². The van der Waals surface area contributed by atoms with E-state index in [4.69, 9.17) is 20.2 Å². The summed E-state index contributed by atoms with van der Waals surface area (Å²) in [6.45, 7) is 14.1. The summed E-state index contributed by atoms with van der Waals surface area (Å²) < 4.78 is 4.96. The first-order chi connectivity index (χ1) is 23.6. The Morgan fingerprint density at radius 1 is 0.588 bits per heavy atom. The Bertz CT molecular complexity index is 562. The third-order valence-corrected chi connectivity index (χ3v) is 7.89. The first-order valence-corrected chi connectivity index (χ1v) is 20.1. The van der Waals surface area contributed by atoms with Crippen molar-refractivity contribution in [3.8, 4) is 0 Å². The molecule has 314 valence electrons. The van der Waals surface area contributed by atoms with Crippen LogP contribution in [-0.4, -0.2) is 73.2 Å². The Morgan fingerprint density at radius 2 is 1.00 bits per heavy atom. The molecule has 0 atom stereocenters. The molecule has 0 aromatic heterocycles. The Balaban J connectivity index is -0.0000000937. The van der Waals surface area contributed by atoms with E-state index >= 15 is 0 Å². The van der Waals surface area contributed by atoms with Crippen LogP contribution in [0.3, 0.4) is 0 Å². The molecule has 0 amide bonds. The lowest BCUT2D eigenvalue weighted by Gasteiger charge is -2.12. The van der Waals surface area contributed by atoms with Gasteiger partial charge in [0.15, 0.2) is 0 Å². The van der Waals surface area contributed by atoms with Crippen molar-refractivity contribution >= 4 is 6.29 Å². The molecule has 7 nitrogen and oxygen atoms in total. The molecule has 1 saturated heterocycles. The highest BCUT2D eigenvalue weighted by atomic mass is 17.1. The van der Waals surface area contributed by atoms with Gasteiger partial charge < -0.3 is 24.6 Å². The molecule has 51 heavy (non-hydrogen) atoms. The minimum absolute atomic E-state index is 0. The lowest BCUT2D eigenvalue weighted by molar-refractivity contribution is -0.231. The van der Waals surface area contributed by atoms with Crippen molar-refractivity contribution in [3.05, 3.63) is 24.5 Å². The van der Waals surface area contributed by atoms with Gasteiger partial charge in [-0.05, 0) is 64.5 Å². The number of hydrogen-bond acceptors (Lipinski definition) is 7. The van der Waals surface area contributed by atoms with Gasteiger partial charge in [0.05, 0.1) is 12.9 Å². The third kappa shape index (κ3) is 78.9. The number of likely N-dealkylation sites (tertiary alicyclic amines) is 1. The van der Waals surface area contributed by atoms with E-state index in [1.165, 1.54) is 122 Å². The molecule has 1 rings (SSSR count). The minimum atomic E-state index is 0. The van der Waals surface area contributed by atoms with Crippen molar-refractivity contribution in [2.45, 2.75) is 210 Å². The second-order valence-corrected chi connectivity index (χ2v) is 12.6. The molecule has 1 aliphatic rings. The maximum absolute atomic E-state index is 9.85. The van der Waals surface area contributed by atoms with Crippen LogP contribution < -0.4 is 0 Å². The molecule has 0 unspecified atom stereocenters. The zero-order valence-corrected chi connectivity index (χ0v) is 32.8. The summed E-state index contributed by atoms with van der Waals surface area (Å²) in [5.41, 5.74) is 0. The van der Waals surface area contributed by atoms with E-state index in [2.05, 4.69) is 37.5 Å². The maximum atomic E-state index is 9.85. The summed E-state index contributed by atoms with van der Waals surface area (Å²) >= 11 is 0. The van der Waals surface area contributed by atoms with Gasteiger partial charge in [0.25, 0.3) is 0 Å². The number of aliphatic hydroxyl groups excluding tert-OH is 2. The van der Waals surface area contributed by atoms with Gasteiger partial charge >= 0.3 is 0 Å². The summed E-state index contributed by atoms with van der Waals surface area (Å²) in [5.74, 6) is 0. The first kappa shape index (κ1) is 64.7. The molecule has 1 aliphatic heterocycles. The fourth-order valence-electron chi connectivity index (χ4n) is 4.81. The number of aldehydes is 1. The zero-order chi connectivity index (χ0) is 36.4. The summed E-state index contributed by atoms with van der Waals surface area (Å²) in [6, 6.07) is 0. The highest BCUT2D eigenvalue weighted by Crippen LogP contribution is 2.07. The van der Waals surface area contributed by atoms with Crippen molar-refractivity contribution in [2.75, 3.05) is 46.6 Å². The van der Waals surface area contributed by atoms with Gasteiger partial charge in [0.2, 0.25) is 0 Å². The highest BCUT2D eigenvalue weighted by molar-refractivity contribution is 5.48. The summed E-state index contributed by atoms with van der Waals surface area (Å²) in [6.07, 6.45) is 38.9. The van der Waals surface area contributed by atoms with Gasteiger partial charge in [-0.1, -0.05) is 171 Å². The van der Waals surface area contributed by atoms with Crippen molar-refractivity contribution < 1.29 is 29.9 Å². The van der Waals surface area contributed by atoms with E-state index in [0.717, 1.165) is 70.6 Å². The van der Waals surface area contributed by atoms with Gasteiger partial charge in [0, 0.05) is 26.7 Å². The van der Waals surface area contributed by atoms with Gasteiger partial charge in [-0.25, -0.2) is 4.89 Å². The number of unbranched alkanes of at least 4 members (excludes halogenated alkanes) is 19. The van der Waals surface area contributed by atoms with Crippen LogP contribution in [0.5, 0.6) is 0 Å². The molecule has 7 heteroatoms. The molecule has 0 spiro atoms. The number of carbonyl (C=O) groups is 1. The number of nitrogens with zero attached hydrogens (tertiary/aromatic N) is 1. The van der Waals surface area contributed by atoms with Crippen molar-refractivity contribution in [1.82, 2.24) is 4.90 Å². The molecule has 0 radical (unpaired) electrons. The maximum Gasteiger partial charge on any atom is 0.119 e. The standard InChI is InChI=1S/C9H18O2.C9H20.C8H16O2.C8H16O.C7H15NO.3CH4/c1-2-3-4-5-6-7-8-9-11-10;1-3-5-7-9-8-6-4-2;9-7-5-3-1-2-4-6-8-10;1-2-3-4-5-6-7-8-9;1-9-7-6-8-4-2-3-5-8;;;/h7-8,10H,2-6,9H2,1H3;3-9H2,1-2H3;7,10H,1-6,8H2;7-9H,2-6H2,1H3;2-7H2,1H3;3*1H4/b8-7-;;;;;;;. The summed E-state index contributed by atoms with van der Waals surface area (Å²) in [4.78, 5) is 16.2. The molecule has 1 fully saturated rings. The number of allylic oxidation sites excluding steroid dienone is 2. The largest absolute Gasteiger partial charge is 0.516 e. The van der Waals surface area contributed by atoms with Crippen molar-refractivity contribution in [2.24, 2.45) is 0 Å². The average Bonchev–Trinajstić information content (AvgIpc) is 3.64. The van der Waals surface area contributed by atoms with Crippen LogP contribution in [0.15, 0.2) is 24.5 Å². The monoisotopic (exact) mass is 736 g/mol. The normalized spacial score (nSPS) is 11.7. The molecule has 0 saturated carbocycles. The Hall–Kier alpha value is -1.25. The number of rotatable bonds is 28. The van der Waals surface area contributed by atoms with Gasteiger partial charge in [-0.3, -0.25) is 5.26 Å². The van der Waals surface area contributed by atoms with Crippen LogP contribution in [0.2, 0.25) is 0 Å². The van der Waals surface area contributed by atoms with E-state index in [1.807, 2.05) is 12.2 Å². The first-order valence-electron chi connectivity index (χ1n) is 20.1. The molecular weight excluding hydrogens is 638 g/mol. The molecule has 0 aromatic rings. The van der Waals surface area contributed by atoms with Crippen LogP contribution in [0.4, 0.5) is 0 Å². The lowest BCUT2D eigenvalue weighted by Crippen LogP contribution is -2.23. The van der Waals surface area contributed by atoms with E-state index < -0.39 is 0 Å². The number of hydrogen-bond donors (Lipinski definition) is 3. The predicted octanol–water partition coefficient (Wildman–Crippen LogP) is 13.9. The molecule has 0 aliphatic carbocycles. The van der Waals surface area contributed by atoms with E-state index in [1.54, 1.807) is 13.2 Å².